The van der Waals surface area contributed by atoms with Gasteiger partial charge in [0.15, 0.2) is 0 Å². The maximum atomic E-state index is 13.6. The molecule has 0 radical (unpaired) electrons. The topological polar surface area (TPSA) is 62.2 Å². The molecule has 1 aliphatic rings. The van der Waals surface area contributed by atoms with Crippen molar-refractivity contribution in [1.29, 1.82) is 0 Å². The maximum absolute atomic E-state index is 13.6. The van der Waals surface area contributed by atoms with Crippen LogP contribution in [0.3, 0.4) is 0 Å². The quantitative estimate of drug-likeness (QED) is 0.513. The van der Waals surface area contributed by atoms with Gasteiger partial charge in [0.25, 0.3) is 5.56 Å². The number of hydrogen-bond acceptors (Lipinski definition) is 3. The number of hydrogen-bond donors (Lipinski definition) is 2. The summed E-state index contributed by atoms with van der Waals surface area (Å²) in [6.07, 6.45) is 1.93. The predicted molar refractivity (Wildman–Crippen MR) is 119 cm³/mol. The Morgan fingerprint density at radius 2 is 1.67 bits per heavy atom. The van der Waals surface area contributed by atoms with E-state index in [1.54, 1.807) is 18.2 Å². The highest BCUT2D eigenvalue weighted by Crippen LogP contribution is 2.36. The van der Waals surface area contributed by atoms with Gasteiger partial charge >= 0.3 is 0 Å². The Kier molecular flexibility index (Phi) is 5.70. The summed E-state index contributed by atoms with van der Waals surface area (Å²) in [5, 5.41) is 8.30. The highest BCUT2D eigenvalue weighted by atomic mass is 35.5. The summed E-state index contributed by atoms with van der Waals surface area (Å²) in [7, 11) is 0. The second-order valence-corrected chi connectivity index (χ2v) is 7.44. The third kappa shape index (κ3) is 3.64. The lowest BCUT2D eigenvalue weighted by Crippen LogP contribution is -2.28. The standard InChI is InChI=1S/C23H21FN4O.ClH/c24-18-8-6-16(7-9-18)21-22(17-4-2-1-3-5-17)27-28-19(14-20(29)26-23(21)28)15-10-12-25-13-11-15;/h1-9,14-15,25H,10-13H2,(H,26,29);1H. The van der Waals surface area contributed by atoms with Crippen LogP contribution in [0.1, 0.15) is 24.5 Å². The van der Waals surface area contributed by atoms with E-state index in [1.165, 1.54) is 12.1 Å². The van der Waals surface area contributed by atoms with E-state index in [1.807, 2.05) is 34.8 Å². The fourth-order valence-electron chi connectivity index (χ4n) is 4.17. The van der Waals surface area contributed by atoms with Crippen LogP contribution in [0.15, 0.2) is 65.5 Å². The summed E-state index contributed by atoms with van der Waals surface area (Å²) in [5.41, 5.74) is 4.78. The molecule has 0 spiro atoms. The molecule has 5 rings (SSSR count). The number of halogens is 2. The van der Waals surface area contributed by atoms with Crippen molar-refractivity contribution in [2.24, 2.45) is 0 Å². The molecule has 5 nitrogen and oxygen atoms in total. The molecule has 0 amide bonds. The van der Waals surface area contributed by atoms with Gasteiger partial charge in [-0.15, -0.1) is 12.4 Å². The number of rotatable bonds is 3. The average Bonchev–Trinajstić information content (AvgIpc) is 3.14. The average molecular weight is 425 g/mol. The van der Waals surface area contributed by atoms with Crippen molar-refractivity contribution in [3.05, 3.63) is 82.5 Å². The van der Waals surface area contributed by atoms with E-state index in [0.29, 0.717) is 5.65 Å². The van der Waals surface area contributed by atoms with Gasteiger partial charge in [0.1, 0.15) is 17.2 Å². The van der Waals surface area contributed by atoms with Gasteiger partial charge < -0.3 is 10.3 Å². The minimum atomic E-state index is -0.296. The molecule has 0 bridgehead atoms. The largest absolute Gasteiger partial charge is 0.317 e. The number of H-pyrrole nitrogens is 1. The number of nitrogens with one attached hydrogen (secondary N) is 2. The minimum absolute atomic E-state index is 0. The fraction of sp³-hybridized carbons (Fsp3) is 0.217. The van der Waals surface area contributed by atoms with Crippen LogP contribution in [0, 0.1) is 5.82 Å². The number of aromatic amines is 1. The third-order valence-electron chi connectivity index (χ3n) is 5.59. The lowest BCUT2D eigenvalue weighted by molar-refractivity contribution is 0.446. The van der Waals surface area contributed by atoms with Crippen LogP contribution in [0.5, 0.6) is 0 Å². The van der Waals surface area contributed by atoms with Gasteiger partial charge in [-0.3, -0.25) is 4.79 Å². The molecule has 4 aromatic rings. The summed E-state index contributed by atoms with van der Waals surface area (Å²) in [4.78, 5) is 15.5. The van der Waals surface area contributed by atoms with E-state index >= 15 is 0 Å². The van der Waals surface area contributed by atoms with Crippen molar-refractivity contribution in [2.45, 2.75) is 18.8 Å². The first-order valence-corrected chi connectivity index (χ1v) is 9.89. The summed E-state index contributed by atoms with van der Waals surface area (Å²) >= 11 is 0. The lowest BCUT2D eigenvalue weighted by Gasteiger charge is -2.23. The molecular formula is C23H22ClFN4O. The molecule has 0 unspecified atom stereocenters. The third-order valence-corrected chi connectivity index (χ3v) is 5.59. The van der Waals surface area contributed by atoms with Gasteiger partial charge in [-0.1, -0.05) is 42.5 Å². The highest BCUT2D eigenvalue weighted by molar-refractivity contribution is 5.90. The first-order valence-electron chi connectivity index (χ1n) is 9.89. The van der Waals surface area contributed by atoms with Gasteiger partial charge in [0.05, 0.1) is 11.3 Å². The number of nitrogens with zero attached hydrogens (tertiary/aromatic N) is 2. The van der Waals surface area contributed by atoms with E-state index in [0.717, 1.165) is 54.0 Å². The highest BCUT2D eigenvalue weighted by Gasteiger charge is 2.24. The molecule has 2 N–H and O–H groups in total. The molecule has 1 aliphatic heterocycles. The minimum Gasteiger partial charge on any atom is -0.317 e. The summed E-state index contributed by atoms with van der Waals surface area (Å²) < 4.78 is 15.4. The molecule has 154 valence electrons. The van der Waals surface area contributed by atoms with Crippen LogP contribution in [0.25, 0.3) is 28.0 Å². The molecule has 2 aromatic heterocycles. The van der Waals surface area contributed by atoms with Crippen molar-refractivity contribution < 1.29 is 4.39 Å². The zero-order valence-electron chi connectivity index (χ0n) is 16.3. The van der Waals surface area contributed by atoms with Crippen molar-refractivity contribution in [2.75, 3.05) is 13.1 Å². The van der Waals surface area contributed by atoms with Crippen LogP contribution in [-0.2, 0) is 0 Å². The molecule has 30 heavy (non-hydrogen) atoms. The molecule has 0 saturated carbocycles. The van der Waals surface area contributed by atoms with Gasteiger partial charge in [-0.25, -0.2) is 8.91 Å². The van der Waals surface area contributed by atoms with Crippen molar-refractivity contribution in [3.8, 4) is 22.4 Å². The Labute approximate surface area is 179 Å². The summed E-state index contributed by atoms with van der Waals surface area (Å²) in [6, 6.07) is 17.9. The molecule has 0 aliphatic carbocycles. The number of piperidine rings is 1. The number of aromatic nitrogens is 3. The van der Waals surface area contributed by atoms with E-state index in [-0.39, 0.29) is 29.7 Å². The normalized spacial score (nSPS) is 14.6. The monoisotopic (exact) mass is 424 g/mol. The van der Waals surface area contributed by atoms with Crippen LogP contribution in [-0.4, -0.2) is 27.7 Å². The second-order valence-electron chi connectivity index (χ2n) is 7.44. The number of benzene rings is 2. The van der Waals surface area contributed by atoms with Crippen molar-refractivity contribution in [3.63, 3.8) is 0 Å². The van der Waals surface area contributed by atoms with Gasteiger partial charge in [0.2, 0.25) is 0 Å². The molecule has 3 heterocycles. The van der Waals surface area contributed by atoms with E-state index in [9.17, 15) is 9.18 Å². The predicted octanol–water partition coefficient (Wildman–Crippen LogP) is 4.38. The maximum Gasteiger partial charge on any atom is 0.251 e. The Morgan fingerprint density at radius 1 is 0.967 bits per heavy atom. The van der Waals surface area contributed by atoms with E-state index in [2.05, 4.69) is 10.3 Å². The van der Waals surface area contributed by atoms with E-state index < -0.39 is 0 Å². The molecular weight excluding hydrogens is 403 g/mol. The Balaban J connectivity index is 0.00000218. The van der Waals surface area contributed by atoms with Gasteiger partial charge in [-0.05, 0) is 43.6 Å². The van der Waals surface area contributed by atoms with Crippen molar-refractivity contribution in [1.82, 2.24) is 19.9 Å². The summed E-state index contributed by atoms with van der Waals surface area (Å²) in [6.45, 7) is 1.85. The SMILES string of the molecule is Cl.O=c1cc(C2CCNCC2)n2nc(-c3ccccc3)c(-c3ccc(F)cc3)c2[nH]1. The van der Waals surface area contributed by atoms with Crippen LogP contribution in [0.4, 0.5) is 4.39 Å². The first-order chi connectivity index (χ1) is 14.2. The van der Waals surface area contributed by atoms with Crippen molar-refractivity contribution >= 4 is 18.1 Å². The van der Waals surface area contributed by atoms with Crippen LogP contribution < -0.4 is 10.9 Å². The van der Waals surface area contributed by atoms with E-state index in [4.69, 9.17) is 5.10 Å². The van der Waals surface area contributed by atoms with Gasteiger partial charge in [-0.2, -0.15) is 5.10 Å². The molecule has 1 fully saturated rings. The van der Waals surface area contributed by atoms with Gasteiger partial charge in [0, 0.05) is 17.5 Å². The Morgan fingerprint density at radius 3 is 2.37 bits per heavy atom. The second kappa shape index (κ2) is 8.42. The fourth-order valence-corrected chi connectivity index (χ4v) is 4.17. The Hall–Kier alpha value is -2.96. The zero-order valence-corrected chi connectivity index (χ0v) is 17.1. The molecule has 2 aromatic carbocycles. The summed E-state index contributed by atoms with van der Waals surface area (Å²) in [5.74, 6) is -0.0268. The molecule has 1 saturated heterocycles. The van der Waals surface area contributed by atoms with Crippen LogP contribution >= 0.6 is 12.4 Å². The smallest absolute Gasteiger partial charge is 0.251 e. The Bertz CT molecular complexity index is 1210. The van der Waals surface area contributed by atoms with Crippen LogP contribution in [0.2, 0.25) is 0 Å². The zero-order chi connectivity index (χ0) is 19.8. The lowest BCUT2D eigenvalue weighted by atomic mass is 9.94. The molecule has 7 heteroatoms. The number of fused-ring (bicyclic) bond motifs is 1. The first kappa shape index (κ1) is 20.3. The molecule has 0 atom stereocenters.